The van der Waals surface area contributed by atoms with E-state index in [4.69, 9.17) is 5.73 Å². The summed E-state index contributed by atoms with van der Waals surface area (Å²) in [6, 6.07) is 11.9. The molecule has 0 bridgehead atoms. The average molecular weight is 258 g/mol. The monoisotopic (exact) mass is 258 g/mol. The Morgan fingerprint density at radius 2 is 1.89 bits per heavy atom. The van der Waals surface area contributed by atoms with Gasteiger partial charge < -0.3 is 11.1 Å². The number of nitrogen functional groups attached to an aromatic ring is 1. The van der Waals surface area contributed by atoms with Gasteiger partial charge in [-0.1, -0.05) is 29.8 Å². The molecule has 2 aromatic carbocycles. The lowest BCUT2D eigenvalue weighted by atomic mass is 10.1. The molecule has 0 aliphatic carbocycles. The van der Waals surface area contributed by atoms with Crippen LogP contribution in [0.5, 0.6) is 0 Å². The van der Waals surface area contributed by atoms with Crippen molar-refractivity contribution in [1.29, 1.82) is 0 Å². The zero-order chi connectivity index (χ0) is 13.8. The molecule has 0 spiro atoms. The summed E-state index contributed by atoms with van der Waals surface area (Å²) >= 11 is 0. The normalized spacial score (nSPS) is 10.2. The van der Waals surface area contributed by atoms with E-state index < -0.39 is 5.82 Å². The number of amides is 1. The number of carbonyl (C=O) groups excluding carboxylic acids is 1. The van der Waals surface area contributed by atoms with Gasteiger partial charge in [-0.3, -0.25) is 4.79 Å². The van der Waals surface area contributed by atoms with Crippen LogP contribution in [-0.2, 0) is 11.2 Å². The number of hydrogen-bond donors (Lipinski definition) is 2. The molecule has 3 nitrogen and oxygen atoms in total. The van der Waals surface area contributed by atoms with Crippen LogP contribution in [0.4, 0.5) is 15.8 Å². The highest BCUT2D eigenvalue weighted by Gasteiger charge is 2.06. The second kappa shape index (κ2) is 5.52. The fourth-order valence-corrected chi connectivity index (χ4v) is 1.70. The molecule has 0 aromatic heterocycles. The Bertz CT molecular complexity index is 594. The van der Waals surface area contributed by atoms with Crippen molar-refractivity contribution in [1.82, 2.24) is 0 Å². The largest absolute Gasteiger partial charge is 0.396 e. The van der Waals surface area contributed by atoms with E-state index in [1.54, 1.807) is 6.07 Å². The van der Waals surface area contributed by atoms with Crippen molar-refractivity contribution in [2.75, 3.05) is 11.1 Å². The van der Waals surface area contributed by atoms with Crippen LogP contribution in [0.2, 0.25) is 0 Å². The number of aryl methyl sites for hydroxylation is 1. The maximum atomic E-state index is 13.2. The van der Waals surface area contributed by atoms with Crippen LogP contribution in [0, 0.1) is 12.7 Å². The summed E-state index contributed by atoms with van der Waals surface area (Å²) in [6.07, 6.45) is 0.256. The number of benzene rings is 2. The zero-order valence-electron chi connectivity index (χ0n) is 10.6. The number of rotatable bonds is 3. The van der Waals surface area contributed by atoms with Crippen LogP contribution in [0.15, 0.2) is 42.5 Å². The van der Waals surface area contributed by atoms with Crippen LogP contribution >= 0.6 is 0 Å². The van der Waals surface area contributed by atoms with Crippen molar-refractivity contribution in [3.05, 3.63) is 59.4 Å². The molecule has 0 atom stereocenters. The number of anilines is 2. The highest BCUT2D eigenvalue weighted by Crippen LogP contribution is 2.16. The van der Waals surface area contributed by atoms with Crippen molar-refractivity contribution in [3.8, 4) is 0 Å². The molecule has 0 heterocycles. The van der Waals surface area contributed by atoms with Crippen molar-refractivity contribution < 1.29 is 9.18 Å². The fraction of sp³-hybridized carbons (Fsp3) is 0.133. The minimum Gasteiger partial charge on any atom is -0.396 e. The van der Waals surface area contributed by atoms with Crippen LogP contribution in [0.25, 0.3) is 0 Å². The Morgan fingerprint density at radius 3 is 2.53 bits per heavy atom. The molecule has 0 radical (unpaired) electrons. The van der Waals surface area contributed by atoms with E-state index in [1.165, 1.54) is 12.1 Å². The highest BCUT2D eigenvalue weighted by atomic mass is 19.1. The number of nitrogens with one attached hydrogen (secondary N) is 1. The van der Waals surface area contributed by atoms with Crippen LogP contribution in [-0.4, -0.2) is 5.91 Å². The molecule has 0 fully saturated rings. The smallest absolute Gasteiger partial charge is 0.228 e. The molecule has 0 unspecified atom stereocenters. The quantitative estimate of drug-likeness (QED) is 0.832. The summed E-state index contributed by atoms with van der Waals surface area (Å²) in [6.45, 7) is 1.99. The maximum absolute atomic E-state index is 13.2. The maximum Gasteiger partial charge on any atom is 0.228 e. The van der Waals surface area contributed by atoms with E-state index in [0.717, 1.165) is 11.1 Å². The fourth-order valence-electron chi connectivity index (χ4n) is 1.70. The van der Waals surface area contributed by atoms with E-state index in [-0.39, 0.29) is 18.0 Å². The van der Waals surface area contributed by atoms with Gasteiger partial charge in [-0.15, -0.1) is 0 Å². The van der Waals surface area contributed by atoms with E-state index >= 15 is 0 Å². The minimum atomic E-state index is -0.534. The third kappa shape index (κ3) is 3.55. The molecule has 0 aliphatic rings. The van der Waals surface area contributed by atoms with Crippen molar-refractivity contribution in [2.24, 2.45) is 0 Å². The van der Waals surface area contributed by atoms with E-state index in [1.807, 2.05) is 31.2 Å². The van der Waals surface area contributed by atoms with Crippen molar-refractivity contribution >= 4 is 17.3 Å². The van der Waals surface area contributed by atoms with Gasteiger partial charge in [-0.2, -0.15) is 0 Å². The van der Waals surface area contributed by atoms with Gasteiger partial charge in [0, 0.05) is 5.69 Å². The van der Waals surface area contributed by atoms with Gasteiger partial charge in [0.15, 0.2) is 0 Å². The Hall–Kier alpha value is -2.36. The van der Waals surface area contributed by atoms with Crippen LogP contribution in [0.3, 0.4) is 0 Å². The van der Waals surface area contributed by atoms with E-state index in [2.05, 4.69) is 5.32 Å². The molecular weight excluding hydrogens is 243 g/mol. The molecule has 4 heteroatoms. The van der Waals surface area contributed by atoms with Gasteiger partial charge in [0.2, 0.25) is 5.91 Å². The van der Waals surface area contributed by atoms with Gasteiger partial charge >= 0.3 is 0 Å². The summed E-state index contributed by atoms with van der Waals surface area (Å²) in [4.78, 5) is 11.8. The summed E-state index contributed by atoms with van der Waals surface area (Å²) in [5.74, 6) is -0.721. The summed E-state index contributed by atoms with van der Waals surface area (Å²) in [5, 5.41) is 2.64. The third-order valence-corrected chi connectivity index (χ3v) is 2.77. The Morgan fingerprint density at radius 1 is 1.21 bits per heavy atom. The second-order valence-electron chi connectivity index (χ2n) is 4.45. The standard InChI is InChI=1S/C15H15FN2O/c1-10-2-4-11(5-3-10)8-15(19)18-12-6-7-14(17)13(16)9-12/h2-7,9H,8,17H2,1H3,(H,18,19). The number of carbonyl (C=O) groups is 1. The molecule has 2 aromatic rings. The zero-order valence-corrected chi connectivity index (χ0v) is 10.6. The molecule has 0 saturated carbocycles. The summed E-state index contributed by atoms with van der Waals surface area (Å²) in [5.41, 5.74) is 7.90. The Labute approximate surface area is 111 Å². The van der Waals surface area contributed by atoms with Crippen LogP contribution in [0.1, 0.15) is 11.1 Å². The molecule has 3 N–H and O–H groups in total. The molecular formula is C15H15FN2O. The van der Waals surface area contributed by atoms with Crippen molar-refractivity contribution in [3.63, 3.8) is 0 Å². The topological polar surface area (TPSA) is 55.1 Å². The third-order valence-electron chi connectivity index (χ3n) is 2.77. The van der Waals surface area contributed by atoms with Gasteiger partial charge in [0.05, 0.1) is 12.1 Å². The minimum absolute atomic E-state index is 0.0662. The first-order valence-corrected chi connectivity index (χ1v) is 5.95. The number of nitrogens with two attached hydrogens (primary N) is 1. The molecule has 19 heavy (non-hydrogen) atoms. The highest BCUT2D eigenvalue weighted by molar-refractivity contribution is 5.92. The van der Waals surface area contributed by atoms with E-state index in [0.29, 0.717) is 5.69 Å². The lowest BCUT2D eigenvalue weighted by Gasteiger charge is -2.06. The first-order chi connectivity index (χ1) is 9.04. The molecule has 98 valence electrons. The van der Waals surface area contributed by atoms with Crippen LogP contribution < -0.4 is 11.1 Å². The molecule has 2 rings (SSSR count). The molecule has 0 saturated heterocycles. The molecule has 1 amide bonds. The van der Waals surface area contributed by atoms with Gasteiger partial charge in [0.1, 0.15) is 5.82 Å². The average Bonchev–Trinajstić information content (AvgIpc) is 2.37. The second-order valence-corrected chi connectivity index (χ2v) is 4.45. The lowest BCUT2D eigenvalue weighted by molar-refractivity contribution is -0.115. The predicted molar refractivity (Wildman–Crippen MR) is 74.3 cm³/mol. The Balaban J connectivity index is 2.01. The van der Waals surface area contributed by atoms with E-state index in [9.17, 15) is 9.18 Å². The number of halogens is 1. The van der Waals surface area contributed by atoms with Gasteiger partial charge in [-0.05, 0) is 30.7 Å². The summed E-state index contributed by atoms with van der Waals surface area (Å²) < 4.78 is 13.2. The number of hydrogen-bond acceptors (Lipinski definition) is 2. The predicted octanol–water partition coefficient (Wildman–Crippen LogP) is 2.90. The first kappa shape index (κ1) is 13.1. The molecule has 0 aliphatic heterocycles. The lowest BCUT2D eigenvalue weighted by Crippen LogP contribution is -2.14. The Kier molecular flexibility index (Phi) is 3.80. The van der Waals surface area contributed by atoms with Crippen molar-refractivity contribution in [2.45, 2.75) is 13.3 Å². The van der Waals surface area contributed by atoms with Gasteiger partial charge in [0.25, 0.3) is 0 Å². The van der Waals surface area contributed by atoms with Gasteiger partial charge in [-0.25, -0.2) is 4.39 Å². The SMILES string of the molecule is Cc1ccc(CC(=O)Nc2ccc(N)c(F)c2)cc1. The first-order valence-electron chi connectivity index (χ1n) is 5.95. The summed E-state index contributed by atoms with van der Waals surface area (Å²) in [7, 11) is 0.